The quantitative estimate of drug-likeness (QED) is 0.610. The lowest BCUT2D eigenvalue weighted by Crippen LogP contribution is -2.41. The minimum absolute atomic E-state index is 0.0215. The molecule has 1 fully saturated rings. The minimum Gasteiger partial charge on any atom is -0.378 e. The van der Waals surface area contributed by atoms with Crippen molar-refractivity contribution < 1.29 is 18.7 Å². The number of carbonyl (C=O) groups is 1. The highest BCUT2D eigenvalue weighted by Gasteiger charge is 2.24. The van der Waals surface area contributed by atoms with Crippen LogP contribution in [0.5, 0.6) is 0 Å². The number of nitrogens with zero attached hydrogens (tertiary/aromatic N) is 5. The average molecular weight is 455 g/mol. The van der Waals surface area contributed by atoms with Gasteiger partial charge in [-0.3, -0.25) is 4.79 Å². The fourth-order valence-electron chi connectivity index (χ4n) is 3.98. The maximum atomic E-state index is 15.1. The second-order valence-corrected chi connectivity index (χ2v) is 8.05. The highest BCUT2D eigenvalue weighted by atomic mass is 19.1. The molecule has 10 heteroatoms. The average Bonchev–Trinajstić information content (AvgIpc) is 3.23. The van der Waals surface area contributed by atoms with E-state index in [1.807, 2.05) is 18.4 Å². The van der Waals surface area contributed by atoms with E-state index in [1.54, 1.807) is 30.5 Å². The van der Waals surface area contributed by atoms with Gasteiger partial charge in [0.2, 0.25) is 5.95 Å². The number of ether oxygens (including phenoxy) is 2. The number of nitrogen functional groups attached to an aromatic ring is 1. The van der Waals surface area contributed by atoms with Crippen LogP contribution in [-0.2, 0) is 16.1 Å². The second-order valence-electron chi connectivity index (χ2n) is 8.05. The number of methoxy groups -OCH3 is 1. The Morgan fingerprint density at radius 1 is 1.24 bits per heavy atom. The number of imidazole rings is 1. The number of nitrogens with two attached hydrogens (primary N) is 1. The summed E-state index contributed by atoms with van der Waals surface area (Å²) < 4.78 is 27.6. The molecule has 1 saturated heterocycles. The van der Waals surface area contributed by atoms with Crippen molar-refractivity contribution in [2.75, 3.05) is 39.1 Å². The molecule has 33 heavy (non-hydrogen) atoms. The van der Waals surface area contributed by atoms with Gasteiger partial charge in [0.15, 0.2) is 0 Å². The first-order valence-electron chi connectivity index (χ1n) is 10.8. The first-order chi connectivity index (χ1) is 15.9. The van der Waals surface area contributed by atoms with E-state index in [9.17, 15) is 4.79 Å². The topological polar surface area (TPSA) is 108 Å². The molecule has 0 saturated carbocycles. The van der Waals surface area contributed by atoms with Gasteiger partial charge in [-0.15, -0.1) is 0 Å². The molecule has 0 bridgehead atoms. The Bertz CT molecular complexity index is 1160. The van der Waals surface area contributed by atoms with Gasteiger partial charge in [0, 0.05) is 38.0 Å². The third-order valence-corrected chi connectivity index (χ3v) is 5.52. The van der Waals surface area contributed by atoms with E-state index < -0.39 is 5.82 Å². The number of anilines is 1. The number of carbonyl (C=O) groups excluding carboxylic acids is 1. The lowest BCUT2D eigenvalue weighted by atomic mass is 10.0. The van der Waals surface area contributed by atoms with E-state index in [1.165, 1.54) is 12.1 Å². The highest BCUT2D eigenvalue weighted by Crippen LogP contribution is 2.33. The molecule has 0 aliphatic carbocycles. The zero-order chi connectivity index (χ0) is 23.5. The SMILES string of the molecule is COCc1ncc(-c2nc(N)ncc2-c2ccc(C(=O)N3CCOCC3)c(F)c2)n1C(C)C. The van der Waals surface area contributed by atoms with Crippen molar-refractivity contribution in [3.63, 3.8) is 0 Å². The van der Waals surface area contributed by atoms with Crippen LogP contribution >= 0.6 is 0 Å². The fourth-order valence-corrected chi connectivity index (χ4v) is 3.98. The number of hydrogen-bond donors (Lipinski definition) is 1. The molecule has 3 aromatic rings. The van der Waals surface area contributed by atoms with Gasteiger partial charge in [0.05, 0.1) is 30.7 Å². The number of aromatic nitrogens is 4. The third-order valence-electron chi connectivity index (χ3n) is 5.52. The van der Waals surface area contributed by atoms with E-state index in [-0.39, 0.29) is 23.5 Å². The molecule has 1 amide bonds. The monoisotopic (exact) mass is 454 g/mol. The Kier molecular flexibility index (Phi) is 6.66. The van der Waals surface area contributed by atoms with Crippen molar-refractivity contribution in [1.82, 2.24) is 24.4 Å². The van der Waals surface area contributed by atoms with Crippen LogP contribution in [0.25, 0.3) is 22.5 Å². The van der Waals surface area contributed by atoms with Crippen LogP contribution in [0, 0.1) is 5.82 Å². The van der Waals surface area contributed by atoms with Crippen LogP contribution < -0.4 is 5.73 Å². The second kappa shape index (κ2) is 9.63. The number of amides is 1. The van der Waals surface area contributed by atoms with E-state index in [2.05, 4.69) is 15.0 Å². The Labute approximate surface area is 191 Å². The van der Waals surface area contributed by atoms with Crippen LogP contribution in [0.1, 0.15) is 36.1 Å². The van der Waals surface area contributed by atoms with Crippen molar-refractivity contribution in [2.45, 2.75) is 26.5 Å². The van der Waals surface area contributed by atoms with Crippen molar-refractivity contribution in [3.05, 3.63) is 47.8 Å². The molecule has 174 valence electrons. The molecule has 0 spiro atoms. The zero-order valence-corrected chi connectivity index (χ0v) is 18.9. The molecule has 0 atom stereocenters. The summed E-state index contributed by atoms with van der Waals surface area (Å²) in [4.78, 5) is 27.4. The molecule has 0 unspecified atom stereocenters. The Hall–Kier alpha value is -3.37. The van der Waals surface area contributed by atoms with Crippen LogP contribution in [0.4, 0.5) is 10.3 Å². The summed E-state index contributed by atoms with van der Waals surface area (Å²) in [6.07, 6.45) is 3.26. The lowest BCUT2D eigenvalue weighted by Gasteiger charge is -2.27. The van der Waals surface area contributed by atoms with E-state index in [0.717, 1.165) is 11.5 Å². The number of benzene rings is 1. The third kappa shape index (κ3) is 4.57. The molecule has 0 radical (unpaired) electrons. The summed E-state index contributed by atoms with van der Waals surface area (Å²) in [5.41, 5.74) is 8.28. The van der Waals surface area contributed by atoms with Gasteiger partial charge in [-0.2, -0.15) is 0 Å². The van der Waals surface area contributed by atoms with Gasteiger partial charge in [-0.25, -0.2) is 19.3 Å². The van der Waals surface area contributed by atoms with E-state index >= 15 is 4.39 Å². The van der Waals surface area contributed by atoms with Gasteiger partial charge >= 0.3 is 0 Å². The van der Waals surface area contributed by atoms with E-state index in [4.69, 9.17) is 15.2 Å². The molecule has 1 aliphatic heterocycles. The number of morpholine rings is 1. The predicted octanol–water partition coefficient (Wildman–Crippen LogP) is 2.93. The summed E-state index contributed by atoms with van der Waals surface area (Å²) in [5, 5.41) is 0. The zero-order valence-electron chi connectivity index (χ0n) is 18.9. The van der Waals surface area contributed by atoms with Crippen molar-refractivity contribution in [1.29, 1.82) is 0 Å². The summed E-state index contributed by atoms with van der Waals surface area (Å²) >= 11 is 0. The number of halogens is 1. The fraction of sp³-hybridized carbons (Fsp3) is 0.391. The van der Waals surface area contributed by atoms with E-state index in [0.29, 0.717) is 49.7 Å². The van der Waals surface area contributed by atoms with Crippen molar-refractivity contribution in [2.24, 2.45) is 0 Å². The Balaban J connectivity index is 1.76. The highest BCUT2D eigenvalue weighted by molar-refractivity contribution is 5.95. The lowest BCUT2D eigenvalue weighted by molar-refractivity contribution is 0.0300. The van der Waals surface area contributed by atoms with Crippen molar-refractivity contribution in [3.8, 4) is 22.5 Å². The Morgan fingerprint density at radius 2 is 2.00 bits per heavy atom. The maximum Gasteiger partial charge on any atom is 0.256 e. The number of hydrogen-bond acceptors (Lipinski definition) is 7. The summed E-state index contributed by atoms with van der Waals surface area (Å²) in [6.45, 7) is 6.18. The molecule has 2 N–H and O–H groups in total. The smallest absolute Gasteiger partial charge is 0.256 e. The predicted molar refractivity (Wildman–Crippen MR) is 121 cm³/mol. The summed E-state index contributed by atoms with van der Waals surface area (Å²) in [5.74, 6) is -0.121. The molecule has 2 aromatic heterocycles. The molecule has 9 nitrogen and oxygen atoms in total. The van der Waals surface area contributed by atoms with Gasteiger partial charge in [-0.05, 0) is 31.5 Å². The van der Waals surface area contributed by atoms with Gasteiger partial charge in [-0.1, -0.05) is 6.07 Å². The standard InChI is InChI=1S/C23H27FN6O3/c1-14(2)30-19(12-26-20(30)13-32-3)21-17(11-27-23(25)28-21)15-4-5-16(18(24)10-15)22(31)29-6-8-33-9-7-29/h4-5,10-12,14H,6-9,13H2,1-3H3,(H2,25,27,28). The largest absolute Gasteiger partial charge is 0.378 e. The van der Waals surface area contributed by atoms with Crippen LogP contribution in [0.2, 0.25) is 0 Å². The molecular formula is C23H27FN6O3. The molecule has 4 rings (SSSR count). The van der Waals surface area contributed by atoms with Crippen LogP contribution in [0.3, 0.4) is 0 Å². The summed E-state index contributed by atoms with van der Waals surface area (Å²) in [7, 11) is 1.61. The molecular weight excluding hydrogens is 427 g/mol. The minimum atomic E-state index is -0.607. The number of rotatable bonds is 6. The molecule has 1 aliphatic rings. The first kappa shape index (κ1) is 22.8. The van der Waals surface area contributed by atoms with Gasteiger partial charge < -0.3 is 24.7 Å². The van der Waals surface area contributed by atoms with Crippen LogP contribution in [-0.4, -0.2) is 63.7 Å². The normalized spacial score (nSPS) is 14.2. The summed E-state index contributed by atoms with van der Waals surface area (Å²) in [6, 6.07) is 4.60. The van der Waals surface area contributed by atoms with Crippen LogP contribution in [0.15, 0.2) is 30.6 Å². The molecule has 1 aromatic carbocycles. The first-order valence-corrected chi connectivity index (χ1v) is 10.8. The Morgan fingerprint density at radius 3 is 2.67 bits per heavy atom. The molecule has 3 heterocycles. The van der Waals surface area contributed by atoms with Gasteiger partial charge in [0.25, 0.3) is 5.91 Å². The van der Waals surface area contributed by atoms with Gasteiger partial charge in [0.1, 0.15) is 23.9 Å². The van der Waals surface area contributed by atoms with Crippen molar-refractivity contribution >= 4 is 11.9 Å². The maximum absolute atomic E-state index is 15.1.